The molecule has 1 aromatic rings. The van der Waals surface area contributed by atoms with Crippen molar-refractivity contribution in [2.45, 2.75) is 40.2 Å². The highest BCUT2D eigenvalue weighted by atomic mass is 32.1. The molecule has 1 aromatic heterocycles. The van der Waals surface area contributed by atoms with Gasteiger partial charge in [0.2, 0.25) is 0 Å². The van der Waals surface area contributed by atoms with E-state index in [-0.39, 0.29) is 6.03 Å². The van der Waals surface area contributed by atoms with Gasteiger partial charge in [0, 0.05) is 25.0 Å². The standard InChI is InChI=1S/C17H28N4OS/c1-13(2)4-7-18-17(22)19-10-15-5-8-21(9-6-15)11-16-12-23-14(3)20-16/h4,12,15H,5-11H2,1-3H3,(H2,18,19,22). The van der Waals surface area contributed by atoms with Crippen molar-refractivity contribution in [3.8, 4) is 0 Å². The summed E-state index contributed by atoms with van der Waals surface area (Å²) < 4.78 is 0. The van der Waals surface area contributed by atoms with Crippen LogP contribution in [-0.4, -0.2) is 42.1 Å². The van der Waals surface area contributed by atoms with E-state index in [1.807, 2.05) is 19.9 Å². The number of aromatic nitrogens is 1. The third-order valence-electron chi connectivity index (χ3n) is 4.08. The smallest absolute Gasteiger partial charge is 0.315 e. The van der Waals surface area contributed by atoms with Crippen LogP contribution in [0.5, 0.6) is 0 Å². The lowest BCUT2D eigenvalue weighted by atomic mass is 9.97. The molecule has 2 amide bonds. The van der Waals surface area contributed by atoms with Gasteiger partial charge in [0.1, 0.15) is 0 Å². The number of urea groups is 1. The number of hydrogen-bond donors (Lipinski definition) is 2. The number of rotatable bonds is 6. The summed E-state index contributed by atoms with van der Waals surface area (Å²) in [6, 6.07) is -0.0668. The van der Waals surface area contributed by atoms with E-state index in [1.165, 1.54) is 11.3 Å². The molecule has 128 valence electrons. The Hall–Kier alpha value is -1.40. The van der Waals surface area contributed by atoms with Crippen LogP contribution in [0.3, 0.4) is 0 Å². The summed E-state index contributed by atoms with van der Waals surface area (Å²) in [6.45, 7) is 10.6. The molecule has 0 unspecified atom stereocenters. The predicted molar refractivity (Wildman–Crippen MR) is 95.7 cm³/mol. The molecule has 0 aromatic carbocycles. The fraction of sp³-hybridized carbons (Fsp3) is 0.647. The third kappa shape index (κ3) is 6.71. The van der Waals surface area contributed by atoms with Crippen LogP contribution in [0.25, 0.3) is 0 Å². The molecule has 2 rings (SSSR count). The number of carbonyl (C=O) groups excluding carboxylic acids is 1. The van der Waals surface area contributed by atoms with Crippen LogP contribution in [-0.2, 0) is 6.54 Å². The van der Waals surface area contributed by atoms with Gasteiger partial charge in [-0.05, 0) is 52.6 Å². The number of hydrogen-bond acceptors (Lipinski definition) is 4. The number of thiazole rings is 1. The van der Waals surface area contributed by atoms with Crippen LogP contribution in [0, 0.1) is 12.8 Å². The van der Waals surface area contributed by atoms with Crippen molar-refractivity contribution in [2.24, 2.45) is 5.92 Å². The SMILES string of the molecule is CC(C)=CCNC(=O)NCC1CCN(Cc2csc(C)n2)CC1. The second kappa shape index (κ2) is 9.03. The first-order valence-corrected chi connectivity index (χ1v) is 9.19. The minimum absolute atomic E-state index is 0.0668. The Kier molecular flexibility index (Phi) is 7.05. The van der Waals surface area contributed by atoms with Crippen LogP contribution < -0.4 is 10.6 Å². The van der Waals surface area contributed by atoms with Crippen molar-refractivity contribution in [3.63, 3.8) is 0 Å². The summed E-state index contributed by atoms with van der Waals surface area (Å²) in [5.41, 5.74) is 2.40. The van der Waals surface area contributed by atoms with Crippen LogP contribution in [0.4, 0.5) is 4.79 Å². The number of carbonyl (C=O) groups is 1. The van der Waals surface area contributed by atoms with E-state index in [4.69, 9.17) is 0 Å². The van der Waals surface area contributed by atoms with E-state index < -0.39 is 0 Å². The second-order valence-corrected chi connectivity index (χ2v) is 7.51. The molecule has 2 N–H and O–H groups in total. The number of aryl methyl sites for hydroxylation is 1. The van der Waals surface area contributed by atoms with E-state index in [0.29, 0.717) is 12.5 Å². The van der Waals surface area contributed by atoms with Crippen LogP contribution in [0.2, 0.25) is 0 Å². The zero-order chi connectivity index (χ0) is 16.7. The summed E-state index contributed by atoms with van der Waals surface area (Å²) in [5.74, 6) is 0.581. The van der Waals surface area contributed by atoms with E-state index in [9.17, 15) is 4.79 Å². The largest absolute Gasteiger partial charge is 0.338 e. The van der Waals surface area contributed by atoms with Crippen molar-refractivity contribution in [3.05, 3.63) is 27.7 Å². The molecule has 2 heterocycles. The van der Waals surface area contributed by atoms with Gasteiger partial charge in [0.25, 0.3) is 0 Å². The normalized spacial score (nSPS) is 16.1. The molecule has 0 spiro atoms. The molecule has 5 nitrogen and oxygen atoms in total. The average molecular weight is 337 g/mol. The fourth-order valence-electron chi connectivity index (χ4n) is 2.71. The van der Waals surface area contributed by atoms with Gasteiger partial charge < -0.3 is 10.6 Å². The molecule has 6 heteroatoms. The van der Waals surface area contributed by atoms with Crippen molar-refractivity contribution in [1.29, 1.82) is 0 Å². The molecule has 1 aliphatic rings. The highest BCUT2D eigenvalue weighted by Crippen LogP contribution is 2.19. The minimum Gasteiger partial charge on any atom is -0.338 e. The first-order chi connectivity index (χ1) is 11.0. The monoisotopic (exact) mass is 336 g/mol. The molecular weight excluding hydrogens is 308 g/mol. The topological polar surface area (TPSA) is 57.3 Å². The number of nitrogens with one attached hydrogen (secondary N) is 2. The molecule has 0 aliphatic carbocycles. The molecule has 23 heavy (non-hydrogen) atoms. The molecule has 1 fully saturated rings. The van der Waals surface area contributed by atoms with Crippen molar-refractivity contribution >= 4 is 17.4 Å². The van der Waals surface area contributed by atoms with Crippen molar-refractivity contribution < 1.29 is 4.79 Å². The fourth-order valence-corrected chi connectivity index (χ4v) is 3.31. The molecule has 0 radical (unpaired) electrons. The van der Waals surface area contributed by atoms with Gasteiger partial charge in [-0.15, -0.1) is 11.3 Å². The first kappa shape index (κ1) is 17.9. The van der Waals surface area contributed by atoms with Crippen LogP contribution in [0.15, 0.2) is 17.0 Å². The van der Waals surface area contributed by atoms with Gasteiger partial charge in [0.15, 0.2) is 0 Å². The number of piperidine rings is 1. The molecular formula is C17H28N4OS. The van der Waals surface area contributed by atoms with Crippen LogP contribution >= 0.6 is 11.3 Å². The average Bonchev–Trinajstić information content (AvgIpc) is 2.91. The highest BCUT2D eigenvalue weighted by Gasteiger charge is 2.20. The number of allylic oxidation sites excluding steroid dienone is 1. The summed E-state index contributed by atoms with van der Waals surface area (Å²) in [6.07, 6.45) is 4.28. The Morgan fingerprint density at radius 1 is 1.39 bits per heavy atom. The Labute approximate surface area is 143 Å². The second-order valence-electron chi connectivity index (χ2n) is 6.45. The number of likely N-dealkylation sites (tertiary alicyclic amines) is 1. The van der Waals surface area contributed by atoms with Crippen molar-refractivity contribution in [2.75, 3.05) is 26.2 Å². The van der Waals surface area contributed by atoms with Crippen molar-refractivity contribution in [1.82, 2.24) is 20.5 Å². The van der Waals surface area contributed by atoms with E-state index >= 15 is 0 Å². The van der Waals surface area contributed by atoms with Gasteiger partial charge >= 0.3 is 6.03 Å². The molecule has 0 saturated carbocycles. The lowest BCUT2D eigenvalue weighted by molar-refractivity contribution is 0.173. The van der Waals surface area contributed by atoms with Gasteiger partial charge in [-0.25, -0.2) is 9.78 Å². The summed E-state index contributed by atoms with van der Waals surface area (Å²) >= 11 is 1.72. The summed E-state index contributed by atoms with van der Waals surface area (Å²) in [4.78, 5) is 18.7. The van der Waals surface area contributed by atoms with Gasteiger partial charge in [0.05, 0.1) is 10.7 Å². The third-order valence-corrected chi connectivity index (χ3v) is 4.91. The number of nitrogens with zero attached hydrogens (tertiary/aromatic N) is 2. The van der Waals surface area contributed by atoms with E-state index in [0.717, 1.165) is 44.0 Å². The lowest BCUT2D eigenvalue weighted by Gasteiger charge is -2.31. The van der Waals surface area contributed by atoms with E-state index in [1.54, 1.807) is 11.3 Å². The molecule has 0 atom stereocenters. The van der Waals surface area contributed by atoms with Gasteiger partial charge in [-0.2, -0.15) is 0 Å². The highest BCUT2D eigenvalue weighted by molar-refractivity contribution is 7.09. The summed E-state index contributed by atoms with van der Waals surface area (Å²) in [5, 5.41) is 9.13. The quantitative estimate of drug-likeness (QED) is 0.785. The molecule has 0 bridgehead atoms. The molecule has 1 saturated heterocycles. The maximum Gasteiger partial charge on any atom is 0.315 e. The Balaban J connectivity index is 1.61. The lowest BCUT2D eigenvalue weighted by Crippen LogP contribution is -2.41. The zero-order valence-electron chi connectivity index (χ0n) is 14.4. The van der Waals surface area contributed by atoms with Gasteiger partial charge in [-0.1, -0.05) is 11.6 Å². The predicted octanol–water partition coefficient (Wildman–Crippen LogP) is 2.93. The van der Waals surface area contributed by atoms with Gasteiger partial charge in [-0.3, -0.25) is 4.90 Å². The summed E-state index contributed by atoms with van der Waals surface area (Å²) in [7, 11) is 0. The Morgan fingerprint density at radius 2 is 2.13 bits per heavy atom. The minimum atomic E-state index is -0.0668. The first-order valence-electron chi connectivity index (χ1n) is 8.31. The Morgan fingerprint density at radius 3 is 2.74 bits per heavy atom. The maximum absolute atomic E-state index is 11.7. The molecule has 1 aliphatic heterocycles. The maximum atomic E-state index is 11.7. The van der Waals surface area contributed by atoms with Crippen LogP contribution in [0.1, 0.15) is 37.4 Å². The van der Waals surface area contributed by atoms with E-state index in [2.05, 4.69) is 32.8 Å². The Bertz CT molecular complexity index is 528. The zero-order valence-corrected chi connectivity index (χ0v) is 15.2. The number of amides is 2.